The van der Waals surface area contributed by atoms with Gasteiger partial charge < -0.3 is 10.2 Å². The van der Waals surface area contributed by atoms with Gasteiger partial charge in [0.25, 0.3) is 0 Å². The minimum atomic E-state index is 0.774. The van der Waals surface area contributed by atoms with Gasteiger partial charge in [-0.2, -0.15) is 0 Å². The minimum absolute atomic E-state index is 0.774. The van der Waals surface area contributed by atoms with Crippen molar-refractivity contribution in [2.45, 2.75) is 0 Å². The molecule has 0 aromatic carbocycles. The second-order valence-electron chi connectivity index (χ2n) is 2.23. The highest BCUT2D eigenvalue weighted by Crippen LogP contribution is 2.15. The summed E-state index contributed by atoms with van der Waals surface area (Å²) < 4.78 is 0. The molecule has 1 rings (SSSR count). The molecule has 0 aromatic rings. The van der Waals surface area contributed by atoms with Crippen molar-refractivity contribution in [3.05, 3.63) is 23.0 Å². The quantitative estimate of drug-likeness (QED) is 0.615. The number of hydrogen-bond donors (Lipinski definition) is 1. The van der Waals surface area contributed by atoms with E-state index in [-0.39, 0.29) is 0 Å². The molecule has 1 N–H and O–H groups in total. The van der Waals surface area contributed by atoms with Crippen LogP contribution in [0.3, 0.4) is 0 Å². The lowest BCUT2D eigenvalue weighted by Gasteiger charge is -2.24. The molecule has 3 heteroatoms. The molecule has 0 bridgehead atoms. The fraction of sp³-hybridized carbons (Fsp3) is 0.429. The molecular weight excluding hydrogens is 148 g/mol. The van der Waals surface area contributed by atoms with Crippen molar-refractivity contribution < 1.29 is 0 Å². The van der Waals surface area contributed by atoms with E-state index < -0.39 is 0 Å². The molecule has 0 aromatic heterocycles. The Bertz CT molecular complexity index is 184. The summed E-state index contributed by atoms with van der Waals surface area (Å²) in [6.07, 6.45) is 3.94. The summed E-state index contributed by atoms with van der Waals surface area (Å²) in [6.45, 7) is 0.923. The fourth-order valence-electron chi connectivity index (χ4n) is 0.977. The van der Waals surface area contributed by atoms with E-state index in [4.69, 9.17) is 11.6 Å². The van der Waals surface area contributed by atoms with Crippen LogP contribution in [0.25, 0.3) is 0 Å². The molecule has 0 radical (unpaired) electrons. The van der Waals surface area contributed by atoms with Gasteiger partial charge in [-0.1, -0.05) is 17.7 Å². The Morgan fingerprint density at radius 3 is 2.80 bits per heavy atom. The molecule has 1 aliphatic rings. The molecule has 0 unspecified atom stereocenters. The van der Waals surface area contributed by atoms with Crippen LogP contribution < -0.4 is 5.32 Å². The fourth-order valence-corrected chi connectivity index (χ4v) is 1.30. The maximum atomic E-state index is 5.87. The zero-order valence-electron chi connectivity index (χ0n) is 6.19. The highest BCUT2D eigenvalue weighted by Gasteiger charge is 2.08. The van der Waals surface area contributed by atoms with Gasteiger partial charge >= 0.3 is 0 Å². The molecule has 1 heterocycles. The summed E-state index contributed by atoms with van der Waals surface area (Å²) in [5.41, 5.74) is 0. The van der Waals surface area contributed by atoms with Crippen molar-refractivity contribution in [2.75, 3.05) is 20.6 Å². The summed E-state index contributed by atoms with van der Waals surface area (Å²) in [4.78, 5) is 2.06. The normalized spacial score (nSPS) is 18.1. The summed E-state index contributed by atoms with van der Waals surface area (Å²) in [5, 5.41) is 3.80. The summed E-state index contributed by atoms with van der Waals surface area (Å²) in [7, 11) is 3.87. The van der Waals surface area contributed by atoms with Crippen molar-refractivity contribution in [2.24, 2.45) is 0 Å². The lowest BCUT2D eigenvalue weighted by molar-refractivity contribution is 0.427. The van der Waals surface area contributed by atoms with Gasteiger partial charge in [0.15, 0.2) is 0 Å². The van der Waals surface area contributed by atoms with E-state index in [1.165, 1.54) is 0 Å². The first kappa shape index (κ1) is 7.48. The first-order chi connectivity index (χ1) is 4.75. The van der Waals surface area contributed by atoms with Gasteiger partial charge in [-0.15, -0.1) is 0 Å². The lowest BCUT2D eigenvalue weighted by atomic mass is 10.3. The number of halogens is 1. The molecule has 0 spiro atoms. The largest absolute Gasteiger partial charge is 0.374 e. The van der Waals surface area contributed by atoms with Gasteiger partial charge in [-0.3, -0.25) is 0 Å². The lowest BCUT2D eigenvalue weighted by Crippen LogP contribution is -2.29. The summed E-state index contributed by atoms with van der Waals surface area (Å²) in [6, 6.07) is 0. The van der Waals surface area contributed by atoms with Crippen LogP contribution in [0.2, 0.25) is 0 Å². The van der Waals surface area contributed by atoms with Crippen LogP contribution in [0, 0.1) is 0 Å². The Morgan fingerprint density at radius 2 is 2.40 bits per heavy atom. The van der Waals surface area contributed by atoms with Crippen LogP contribution in [-0.2, 0) is 0 Å². The van der Waals surface area contributed by atoms with Gasteiger partial charge in [-0.05, 0) is 6.08 Å². The van der Waals surface area contributed by atoms with Crippen molar-refractivity contribution >= 4 is 11.6 Å². The van der Waals surface area contributed by atoms with Crippen LogP contribution in [-0.4, -0.2) is 25.5 Å². The Hall–Kier alpha value is -0.630. The molecule has 0 atom stereocenters. The molecule has 1 aliphatic heterocycles. The van der Waals surface area contributed by atoms with Gasteiger partial charge in [0.05, 0.1) is 5.03 Å². The third-order valence-corrected chi connectivity index (χ3v) is 1.79. The SMILES string of the molecule is CNC1=C(Cl)C=CCN1C. The van der Waals surface area contributed by atoms with Crippen LogP contribution >= 0.6 is 11.6 Å². The van der Waals surface area contributed by atoms with E-state index in [1.807, 2.05) is 26.2 Å². The van der Waals surface area contributed by atoms with Crippen LogP contribution in [0.5, 0.6) is 0 Å². The number of nitrogens with one attached hydrogen (secondary N) is 1. The topological polar surface area (TPSA) is 15.3 Å². The number of rotatable bonds is 1. The van der Waals surface area contributed by atoms with Crippen LogP contribution in [0.15, 0.2) is 23.0 Å². The zero-order valence-corrected chi connectivity index (χ0v) is 6.94. The van der Waals surface area contributed by atoms with Crippen molar-refractivity contribution in [3.8, 4) is 0 Å². The first-order valence-corrected chi connectivity index (χ1v) is 3.58. The van der Waals surface area contributed by atoms with E-state index in [0.29, 0.717) is 0 Å². The monoisotopic (exact) mass is 158 g/mol. The van der Waals surface area contributed by atoms with Gasteiger partial charge in [0, 0.05) is 20.6 Å². The molecule has 0 saturated heterocycles. The second kappa shape index (κ2) is 2.97. The van der Waals surface area contributed by atoms with Crippen molar-refractivity contribution in [1.29, 1.82) is 0 Å². The molecule has 0 fully saturated rings. The second-order valence-corrected chi connectivity index (χ2v) is 2.64. The molecule has 0 saturated carbocycles. The van der Waals surface area contributed by atoms with Gasteiger partial charge in [0.2, 0.25) is 0 Å². The van der Waals surface area contributed by atoms with E-state index in [1.54, 1.807) is 0 Å². The predicted octanol–water partition coefficient (Wildman–Crippen LogP) is 1.12. The van der Waals surface area contributed by atoms with Crippen LogP contribution in [0.4, 0.5) is 0 Å². The Morgan fingerprint density at radius 1 is 1.70 bits per heavy atom. The van der Waals surface area contributed by atoms with E-state index in [2.05, 4.69) is 10.2 Å². The maximum Gasteiger partial charge on any atom is 0.120 e. The first-order valence-electron chi connectivity index (χ1n) is 3.21. The van der Waals surface area contributed by atoms with E-state index in [0.717, 1.165) is 17.4 Å². The van der Waals surface area contributed by atoms with Crippen LogP contribution in [0.1, 0.15) is 0 Å². The standard InChI is InChI=1S/C7H11ClN2/c1-9-7-6(8)4-3-5-10(7)2/h3-4,9H,5H2,1-2H3. The number of likely N-dealkylation sites (N-methyl/N-ethyl adjacent to an activating group) is 1. The van der Waals surface area contributed by atoms with Crippen molar-refractivity contribution in [1.82, 2.24) is 10.2 Å². The number of hydrogen-bond acceptors (Lipinski definition) is 2. The summed E-state index contributed by atoms with van der Waals surface area (Å²) >= 11 is 5.87. The Labute approximate surface area is 66.2 Å². The molecule has 2 nitrogen and oxygen atoms in total. The average Bonchev–Trinajstić information content (AvgIpc) is 1.88. The predicted molar refractivity (Wildman–Crippen MR) is 43.7 cm³/mol. The molecular formula is C7H11ClN2. The average molecular weight is 159 g/mol. The highest BCUT2D eigenvalue weighted by molar-refractivity contribution is 6.31. The number of nitrogens with zero attached hydrogens (tertiary/aromatic N) is 1. The third-order valence-electron chi connectivity index (χ3n) is 1.49. The minimum Gasteiger partial charge on any atom is -0.374 e. The van der Waals surface area contributed by atoms with E-state index >= 15 is 0 Å². The Balaban J connectivity index is 2.83. The smallest absolute Gasteiger partial charge is 0.120 e. The van der Waals surface area contributed by atoms with Gasteiger partial charge in [-0.25, -0.2) is 0 Å². The molecule has 0 aliphatic carbocycles. The number of allylic oxidation sites excluding steroid dienone is 2. The summed E-state index contributed by atoms with van der Waals surface area (Å²) in [5.74, 6) is 0.990. The van der Waals surface area contributed by atoms with Crippen molar-refractivity contribution in [3.63, 3.8) is 0 Å². The highest BCUT2D eigenvalue weighted by atomic mass is 35.5. The zero-order chi connectivity index (χ0) is 7.56. The Kier molecular flexibility index (Phi) is 2.22. The van der Waals surface area contributed by atoms with Gasteiger partial charge in [0.1, 0.15) is 5.82 Å². The molecule has 10 heavy (non-hydrogen) atoms. The maximum absolute atomic E-state index is 5.87. The molecule has 0 amide bonds. The molecule has 56 valence electrons. The van der Waals surface area contributed by atoms with E-state index in [9.17, 15) is 0 Å². The third kappa shape index (κ3) is 1.27.